The minimum absolute atomic E-state index is 0. The smallest absolute Gasteiger partial charge is 0.0530 e. The third kappa shape index (κ3) is 4.33. The summed E-state index contributed by atoms with van der Waals surface area (Å²) in [6, 6.07) is 0. The first-order valence-electron chi connectivity index (χ1n) is 9.48. The Morgan fingerprint density at radius 3 is 0.952 bits per heavy atom. The van der Waals surface area contributed by atoms with Gasteiger partial charge in [-0.25, -0.2) is 0 Å². The summed E-state index contributed by atoms with van der Waals surface area (Å²) < 4.78 is 0. The van der Waals surface area contributed by atoms with Crippen LogP contribution in [0.25, 0.3) is 0 Å². The fourth-order valence-electron chi connectivity index (χ4n) is 5.48. The van der Waals surface area contributed by atoms with Crippen LogP contribution in [0.15, 0.2) is 0 Å². The van der Waals surface area contributed by atoms with E-state index < -0.39 is 6.95 Å². The molecule has 0 radical (unpaired) electrons. The summed E-state index contributed by atoms with van der Waals surface area (Å²) in [5.41, 5.74) is 3.44. The van der Waals surface area contributed by atoms with Crippen molar-refractivity contribution in [2.75, 3.05) is 0 Å². The van der Waals surface area contributed by atoms with Crippen molar-refractivity contribution in [2.45, 2.75) is 113 Å². The minimum Gasteiger partial charge on any atom is -0.0530 e. The van der Waals surface area contributed by atoms with Gasteiger partial charge >= 0.3 is 0 Å². The quantitative estimate of drug-likeness (QED) is 0.349. The normalized spacial score (nSPS) is 27.3. The topological polar surface area (TPSA) is 0 Å². The summed E-state index contributed by atoms with van der Waals surface area (Å²) in [5.74, 6) is 0. The molecule has 3 aliphatic carbocycles. The van der Waals surface area contributed by atoms with E-state index in [-0.39, 0.29) is 20.4 Å². The Hall–Kier alpha value is 1.52. The zero-order chi connectivity index (χ0) is 13.8. The van der Waals surface area contributed by atoms with Gasteiger partial charge in [0.15, 0.2) is 0 Å². The Morgan fingerprint density at radius 2 is 0.714 bits per heavy atom. The minimum atomic E-state index is -0.779. The Kier molecular flexibility index (Phi) is 8.19. The van der Waals surface area contributed by atoms with Crippen molar-refractivity contribution in [1.29, 1.82) is 0 Å². The van der Waals surface area contributed by atoms with Gasteiger partial charge in [-0.1, -0.05) is 19.3 Å². The van der Waals surface area contributed by atoms with Crippen LogP contribution in [0.5, 0.6) is 0 Å². The Balaban J connectivity index is 0.00000161. The van der Waals surface area contributed by atoms with Gasteiger partial charge in [-0.15, -0.1) is 0 Å². The second-order valence-electron chi connectivity index (χ2n) is 7.77. The molecule has 1 unspecified atom stereocenters. The van der Waals surface area contributed by atoms with Crippen molar-refractivity contribution in [3.05, 3.63) is 0 Å². The SMILES string of the molecule is P[P+](C1CCCCC1)(C1CCCCC1)C1CCCCC1.[Pd]. The van der Waals surface area contributed by atoms with Gasteiger partial charge in [0.2, 0.25) is 0 Å². The van der Waals surface area contributed by atoms with Gasteiger partial charge in [-0.05, 0) is 77.0 Å². The molecule has 0 spiro atoms. The summed E-state index contributed by atoms with van der Waals surface area (Å²) in [5, 5.41) is 0. The molecular weight excluding hydrogens is 385 g/mol. The van der Waals surface area contributed by atoms with E-state index >= 15 is 0 Å². The van der Waals surface area contributed by atoms with Crippen LogP contribution in [0.1, 0.15) is 96.3 Å². The van der Waals surface area contributed by atoms with Gasteiger partial charge < -0.3 is 0 Å². The summed E-state index contributed by atoms with van der Waals surface area (Å²) in [7, 11) is 3.63. The summed E-state index contributed by atoms with van der Waals surface area (Å²) in [4.78, 5) is 0. The van der Waals surface area contributed by atoms with Crippen LogP contribution in [0, 0.1) is 0 Å². The van der Waals surface area contributed by atoms with Crippen LogP contribution in [0.4, 0.5) is 0 Å². The molecule has 3 rings (SSSR count). The first-order valence-corrected chi connectivity index (χ1v) is 13.1. The van der Waals surface area contributed by atoms with Crippen molar-refractivity contribution in [3.8, 4) is 0 Å². The summed E-state index contributed by atoms with van der Waals surface area (Å²) in [6.45, 7) is -0.779. The third-order valence-electron chi connectivity index (χ3n) is 6.62. The maximum absolute atomic E-state index is 3.63. The van der Waals surface area contributed by atoms with E-state index in [1.54, 1.807) is 77.0 Å². The van der Waals surface area contributed by atoms with Crippen LogP contribution in [0.2, 0.25) is 0 Å². The molecule has 0 aliphatic heterocycles. The van der Waals surface area contributed by atoms with E-state index in [1.807, 2.05) is 0 Å². The zero-order valence-electron chi connectivity index (χ0n) is 13.7. The van der Waals surface area contributed by atoms with Crippen LogP contribution in [-0.2, 0) is 20.4 Å². The molecular formula is C18H35P2Pd+. The molecule has 3 fully saturated rings. The monoisotopic (exact) mass is 419 g/mol. The molecule has 3 saturated carbocycles. The Labute approximate surface area is 149 Å². The molecule has 0 saturated heterocycles. The van der Waals surface area contributed by atoms with Crippen molar-refractivity contribution >= 4 is 15.9 Å². The van der Waals surface area contributed by atoms with E-state index in [0.29, 0.717) is 0 Å². The molecule has 0 aromatic rings. The number of hydrogen-bond donors (Lipinski definition) is 0. The number of hydrogen-bond acceptors (Lipinski definition) is 0. The van der Waals surface area contributed by atoms with Crippen molar-refractivity contribution in [3.63, 3.8) is 0 Å². The fraction of sp³-hybridized carbons (Fsp3) is 1.00. The zero-order valence-corrected chi connectivity index (χ0v) is 17.3. The van der Waals surface area contributed by atoms with Gasteiger partial charge in [0.1, 0.15) is 0 Å². The van der Waals surface area contributed by atoms with E-state index in [1.165, 1.54) is 19.3 Å². The van der Waals surface area contributed by atoms with E-state index in [4.69, 9.17) is 0 Å². The third-order valence-corrected chi connectivity index (χ3v) is 15.8. The molecule has 21 heavy (non-hydrogen) atoms. The number of rotatable bonds is 3. The van der Waals surface area contributed by atoms with Gasteiger partial charge in [0.25, 0.3) is 0 Å². The molecule has 0 aromatic carbocycles. The first-order chi connectivity index (χ1) is 9.82. The maximum atomic E-state index is 3.63. The molecule has 0 aromatic heterocycles. The fourth-order valence-corrected chi connectivity index (χ4v) is 13.7. The summed E-state index contributed by atoms with van der Waals surface area (Å²) in [6.07, 6.45) is 23.3. The Bertz CT molecular complexity index is 244. The van der Waals surface area contributed by atoms with Crippen LogP contribution < -0.4 is 0 Å². The maximum Gasteiger partial charge on any atom is 0.0720 e. The predicted molar refractivity (Wildman–Crippen MR) is 97.2 cm³/mol. The second-order valence-corrected chi connectivity index (χ2v) is 14.4. The van der Waals surface area contributed by atoms with Crippen molar-refractivity contribution < 1.29 is 20.4 Å². The van der Waals surface area contributed by atoms with Gasteiger partial charge in [-0.2, -0.15) is 0 Å². The molecule has 0 bridgehead atoms. The second kappa shape index (κ2) is 9.12. The average Bonchev–Trinajstić information content (AvgIpc) is 2.56. The van der Waals surface area contributed by atoms with Gasteiger partial charge in [0, 0.05) is 36.3 Å². The Morgan fingerprint density at radius 1 is 0.476 bits per heavy atom. The van der Waals surface area contributed by atoms with E-state index in [2.05, 4.69) is 8.93 Å². The van der Waals surface area contributed by atoms with Crippen LogP contribution in [0.3, 0.4) is 0 Å². The predicted octanol–water partition coefficient (Wildman–Crippen LogP) is 6.79. The summed E-state index contributed by atoms with van der Waals surface area (Å²) >= 11 is 0. The molecule has 0 nitrogen and oxygen atoms in total. The molecule has 0 N–H and O–H groups in total. The molecule has 0 heterocycles. The van der Waals surface area contributed by atoms with Crippen molar-refractivity contribution in [2.24, 2.45) is 0 Å². The molecule has 3 heteroatoms. The average molecular weight is 420 g/mol. The molecule has 1 atom stereocenters. The standard InChI is InChI=1S/C18H35P2.Pd/c19-20(16-10-4-1-5-11-16,17-12-6-2-7-13-17)18-14-8-3-9-15-18;/h16-18H,1-15,19H2;/q+1;. The molecule has 3 aliphatic rings. The van der Waals surface area contributed by atoms with Crippen LogP contribution in [-0.4, -0.2) is 17.0 Å². The van der Waals surface area contributed by atoms with Crippen LogP contribution >= 0.6 is 15.9 Å². The van der Waals surface area contributed by atoms with Gasteiger partial charge in [0.05, 0.1) is 17.0 Å². The van der Waals surface area contributed by atoms with Crippen molar-refractivity contribution in [1.82, 2.24) is 0 Å². The first kappa shape index (κ1) is 18.9. The van der Waals surface area contributed by atoms with Gasteiger partial charge in [-0.3, -0.25) is 0 Å². The molecule has 126 valence electrons. The molecule has 0 amide bonds. The largest absolute Gasteiger partial charge is 0.0720 e. The van der Waals surface area contributed by atoms with E-state index in [9.17, 15) is 0 Å². The van der Waals surface area contributed by atoms with E-state index in [0.717, 1.165) is 17.0 Å².